The van der Waals surface area contributed by atoms with Gasteiger partial charge in [0.15, 0.2) is 0 Å². The second kappa shape index (κ2) is 2.36. The predicted octanol–water partition coefficient (Wildman–Crippen LogP) is 3.53. The Labute approximate surface area is 69.7 Å². The normalized spacial score (nSPS) is 40.2. The molecule has 62 valence electrons. The summed E-state index contributed by atoms with van der Waals surface area (Å²) in [6.45, 7) is 4.61. The molecule has 2 aliphatic carbocycles. The van der Waals surface area contributed by atoms with Crippen LogP contribution >= 0.6 is 0 Å². The Kier molecular flexibility index (Phi) is 1.59. The first-order chi connectivity index (χ1) is 5.32. The first-order valence-electron chi connectivity index (χ1n) is 5.01. The highest BCUT2D eigenvalue weighted by Crippen LogP contribution is 2.66. The van der Waals surface area contributed by atoms with Crippen LogP contribution in [0.3, 0.4) is 0 Å². The Bertz CT molecular complexity index is 190. The van der Waals surface area contributed by atoms with E-state index in [1.165, 1.54) is 32.1 Å². The molecular formula is C11H18. The molecule has 2 atom stereocenters. The van der Waals surface area contributed by atoms with E-state index in [0.717, 1.165) is 11.3 Å². The molecular weight excluding hydrogens is 132 g/mol. The number of rotatable bonds is 3. The molecule has 0 aromatic carbocycles. The largest absolute Gasteiger partial charge is 0.0845 e. The molecule has 1 fully saturated rings. The molecule has 0 N–H and O–H groups in total. The van der Waals surface area contributed by atoms with E-state index in [1.54, 1.807) is 5.57 Å². The van der Waals surface area contributed by atoms with Crippen LogP contribution in [0.25, 0.3) is 0 Å². The maximum Gasteiger partial charge on any atom is -0.0138 e. The van der Waals surface area contributed by atoms with Crippen LogP contribution in [-0.2, 0) is 0 Å². The van der Waals surface area contributed by atoms with Gasteiger partial charge in [-0.2, -0.15) is 0 Å². The maximum atomic E-state index is 2.50. The van der Waals surface area contributed by atoms with Crippen molar-refractivity contribution in [2.24, 2.45) is 11.3 Å². The summed E-state index contributed by atoms with van der Waals surface area (Å²) in [5, 5.41) is 0. The first-order valence-corrected chi connectivity index (χ1v) is 5.01. The van der Waals surface area contributed by atoms with Crippen LogP contribution in [-0.4, -0.2) is 0 Å². The first kappa shape index (κ1) is 7.39. The molecule has 0 spiro atoms. The highest BCUT2D eigenvalue weighted by atomic mass is 14.6. The molecule has 1 saturated carbocycles. The van der Waals surface area contributed by atoms with E-state index < -0.39 is 0 Å². The minimum absolute atomic E-state index is 0.792. The third-order valence-electron chi connectivity index (χ3n) is 3.56. The fraction of sp³-hybridized carbons (Fsp3) is 0.818. The van der Waals surface area contributed by atoms with E-state index in [4.69, 9.17) is 0 Å². The Morgan fingerprint density at radius 2 is 2.36 bits per heavy atom. The minimum atomic E-state index is 0.792. The predicted molar refractivity (Wildman–Crippen MR) is 48.4 cm³/mol. The van der Waals surface area contributed by atoms with Crippen LogP contribution in [0.5, 0.6) is 0 Å². The molecule has 2 aliphatic rings. The van der Waals surface area contributed by atoms with Crippen molar-refractivity contribution in [3.05, 3.63) is 11.6 Å². The Morgan fingerprint density at radius 3 is 2.82 bits per heavy atom. The zero-order valence-electron chi connectivity index (χ0n) is 7.69. The lowest BCUT2D eigenvalue weighted by Crippen LogP contribution is -1.97. The maximum absolute atomic E-state index is 2.50. The van der Waals surface area contributed by atoms with Gasteiger partial charge in [-0.25, -0.2) is 0 Å². The number of fused-ring (bicyclic) bond motifs is 1. The van der Waals surface area contributed by atoms with Gasteiger partial charge in [0.05, 0.1) is 0 Å². The van der Waals surface area contributed by atoms with Crippen LogP contribution in [0.1, 0.15) is 46.0 Å². The molecule has 2 rings (SSSR count). The lowest BCUT2D eigenvalue weighted by atomic mass is 9.97. The lowest BCUT2D eigenvalue weighted by molar-refractivity contribution is 0.454. The topological polar surface area (TPSA) is 0 Å². The number of hydrogen-bond donors (Lipinski definition) is 0. The molecule has 0 bridgehead atoms. The third-order valence-corrected chi connectivity index (χ3v) is 3.56. The summed E-state index contributed by atoms with van der Waals surface area (Å²) in [4.78, 5) is 0. The van der Waals surface area contributed by atoms with Crippen LogP contribution in [0.15, 0.2) is 11.6 Å². The molecule has 0 heteroatoms. The van der Waals surface area contributed by atoms with Crippen LogP contribution < -0.4 is 0 Å². The summed E-state index contributed by atoms with van der Waals surface area (Å²) in [5.74, 6) is 1.02. The van der Waals surface area contributed by atoms with E-state index in [-0.39, 0.29) is 0 Å². The Morgan fingerprint density at radius 1 is 1.55 bits per heavy atom. The highest BCUT2D eigenvalue weighted by Gasteiger charge is 2.56. The summed E-state index contributed by atoms with van der Waals surface area (Å²) in [6, 6.07) is 0. The van der Waals surface area contributed by atoms with Gasteiger partial charge in [-0.15, -0.1) is 0 Å². The van der Waals surface area contributed by atoms with Crippen molar-refractivity contribution in [1.82, 2.24) is 0 Å². The highest BCUT2D eigenvalue weighted by molar-refractivity contribution is 5.29. The Balaban J connectivity index is 1.99. The average Bonchev–Trinajstić information content (AvgIpc) is 2.60. The van der Waals surface area contributed by atoms with Crippen molar-refractivity contribution in [3.8, 4) is 0 Å². The van der Waals surface area contributed by atoms with Gasteiger partial charge in [-0.05, 0) is 37.0 Å². The molecule has 2 unspecified atom stereocenters. The molecule has 0 nitrogen and oxygen atoms in total. The van der Waals surface area contributed by atoms with Gasteiger partial charge in [-0.1, -0.05) is 31.9 Å². The molecule has 11 heavy (non-hydrogen) atoms. The Hall–Kier alpha value is -0.260. The fourth-order valence-corrected chi connectivity index (χ4v) is 2.84. The SMILES string of the molecule is CCCC12CC=C(CC)C1C2. The number of allylic oxidation sites excluding steroid dienone is 2. The van der Waals surface area contributed by atoms with Crippen molar-refractivity contribution in [2.45, 2.75) is 46.0 Å². The van der Waals surface area contributed by atoms with Gasteiger partial charge in [0.25, 0.3) is 0 Å². The third kappa shape index (κ3) is 0.953. The van der Waals surface area contributed by atoms with Gasteiger partial charge in [0.1, 0.15) is 0 Å². The van der Waals surface area contributed by atoms with Crippen molar-refractivity contribution >= 4 is 0 Å². The van der Waals surface area contributed by atoms with Gasteiger partial charge >= 0.3 is 0 Å². The van der Waals surface area contributed by atoms with Gasteiger partial charge < -0.3 is 0 Å². The quantitative estimate of drug-likeness (QED) is 0.540. The molecule has 0 aliphatic heterocycles. The number of hydrogen-bond acceptors (Lipinski definition) is 0. The van der Waals surface area contributed by atoms with E-state index in [1.807, 2.05) is 0 Å². The summed E-state index contributed by atoms with van der Waals surface area (Å²) < 4.78 is 0. The molecule has 0 saturated heterocycles. The zero-order chi connectivity index (χ0) is 7.90. The standard InChI is InChI=1S/C11H18/c1-3-6-11-7-5-9(4-2)10(11)8-11/h5,10H,3-4,6-8H2,1-2H3. The van der Waals surface area contributed by atoms with Crippen LogP contribution in [0.2, 0.25) is 0 Å². The van der Waals surface area contributed by atoms with Crippen molar-refractivity contribution in [1.29, 1.82) is 0 Å². The smallest absolute Gasteiger partial charge is 0.0138 e. The summed E-state index contributed by atoms with van der Waals surface area (Å²) in [5.41, 5.74) is 2.55. The summed E-state index contributed by atoms with van der Waals surface area (Å²) in [6.07, 6.45) is 9.56. The minimum Gasteiger partial charge on any atom is -0.0845 e. The molecule has 0 amide bonds. The van der Waals surface area contributed by atoms with Crippen molar-refractivity contribution in [2.75, 3.05) is 0 Å². The average molecular weight is 150 g/mol. The van der Waals surface area contributed by atoms with E-state index >= 15 is 0 Å². The van der Waals surface area contributed by atoms with Gasteiger partial charge in [0, 0.05) is 0 Å². The second-order valence-electron chi connectivity index (χ2n) is 4.21. The zero-order valence-corrected chi connectivity index (χ0v) is 7.69. The summed E-state index contributed by atoms with van der Waals surface area (Å²) >= 11 is 0. The van der Waals surface area contributed by atoms with E-state index in [0.29, 0.717) is 0 Å². The van der Waals surface area contributed by atoms with E-state index in [9.17, 15) is 0 Å². The summed E-state index contributed by atoms with van der Waals surface area (Å²) in [7, 11) is 0. The fourth-order valence-electron chi connectivity index (χ4n) is 2.84. The van der Waals surface area contributed by atoms with Gasteiger partial charge in [-0.3, -0.25) is 0 Å². The molecule has 0 heterocycles. The molecule has 0 aromatic heterocycles. The molecule has 0 aromatic rings. The lowest BCUT2D eigenvalue weighted by Gasteiger charge is -2.07. The van der Waals surface area contributed by atoms with E-state index in [2.05, 4.69) is 19.9 Å². The van der Waals surface area contributed by atoms with Crippen LogP contribution in [0, 0.1) is 11.3 Å². The second-order valence-corrected chi connectivity index (χ2v) is 4.21. The van der Waals surface area contributed by atoms with Crippen LogP contribution in [0.4, 0.5) is 0 Å². The van der Waals surface area contributed by atoms with Gasteiger partial charge in [0.2, 0.25) is 0 Å². The van der Waals surface area contributed by atoms with Crippen molar-refractivity contribution < 1.29 is 0 Å². The monoisotopic (exact) mass is 150 g/mol. The molecule has 0 radical (unpaired) electrons. The van der Waals surface area contributed by atoms with Crippen molar-refractivity contribution in [3.63, 3.8) is 0 Å².